The van der Waals surface area contributed by atoms with Gasteiger partial charge in [0, 0.05) is 83.7 Å². The molecule has 0 unspecified atom stereocenters. The van der Waals surface area contributed by atoms with Crippen LogP contribution in [0.1, 0.15) is 55.4 Å². The molecule has 2 aliphatic rings. The molecule has 2 aromatic carbocycles. The average Bonchev–Trinajstić information content (AvgIpc) is 3.47. The molecule has 0 bridgehead atoms. The number of carbonyl (C=O) groups excluding carboxylic acids is 1. The molecule has 0 aliphatic carbocycles. The van der Waals surface area contributed by atoms with E-state index in [2.05, 4.69) is 61.1 Å². The monoisotopic (exact) mass is 604 g/mol. The van der Waals surface area contributed by atoms with Crippen LogP contribution in [-0.2, 0) is 6.54 Å². The van der Waals surface area contributed by atoms with E-state index in [9.17, 15) is 15.0 Å². The highest BCUT2D eigenvalue weighted by Crippen LogP contribution is 2.38. The maximum atomic E-state index is 13.5. The second kappa shape index (κ2) is 14.5. The van der Waals surface area contributed by atoms with Crippen molar-refractivity contribution < 1.29 is 15.0 Å². The first-order valence-electron chi connectivity index (χ1n) is 16.1. The van der Waals surface area contributed by atoms with E-state index in [4.69, 9.17) is 0 Å². The first-order chi connectivity index (χ1) is 21.3. The Morgan fingerprint density at radius 1 is 0.818 bits per heavy atom. The number of phenols is 2. The molecule has 1 aromatic heterocycles. The van der Waals surface area contributed by atoms with Crippen molar-refractivity contribution in [1.29, 1.82) is 0 Å². The highest BCUT2D eigenvalue weighted by Gasteiger charge is 2.25. The van der Waals surface area contributed by atoms with Crippen molar-refractivity contribution in [3.63, 3.8) is 0 Å². The van der Waals surface area contributed by atoms with E-state index in [1.807, 2.05) is 26.0 Å². The summed E-state index contributed by atoms with van der Waals surface area (Å²) in [5.41, 5.74) is 3.01. The molecule has 3 N–H and O–H groups in total. The summed E-state index contributed by atoms with van der Waals surface area (Å²) in [5, 5.41) is 33.1. The molecule has 5 rings (SSSR count). The SMILES string of the molecule is CCN1CCN(CCNC(=O)c2nnc(-c3cc(C(C)C)c(O)cc3O)n2-c2ccc(CN3CCN(CC)CC3)cc2)CC1. The van der Waals surface area contributed by atoms with Crippen molar-refractivity contribution in [3.05, 3.63) is 53.3 Å². The minimum absolute atomic E-state index is 0.0196. The van der Waals surface area contributed by atoms with Gasteiger partial charge < -0.3 is 25.3 Å². The van der Waals surface area contributed by atoms with E-state index in [0.29, 0.717) is 23.5 Å². The van der Waals surface area contributed by atoms with Crippen LogP contribution < -0.4 is 5.32 Å². The molecule has 2 fully saturated rings. The van der Waals surface area contributed by atoms with Gasteiger partial charge in [-0.2, -0.15) is 0 Å². The van der Waals surface area contributed by atoms with Crippen LogP contribution in [0.5, 0.6) is 11.5 Å². The summed E-state index contributed by atoms with van der Waals surface area (Å²) < 4.78 is 1.70. The van der Waals surface area contributed by atoms with Crippen LogP contribution in [-0.4, -0.2) is 129 Å². The lowest BCUT2D eigenvalue weighted by Crippen LogP contribution is -2.48. The quantitative estimate of drug-likeness (QED) is 0.304. The van der Waals surface area contributed by atoms with Crippen LogP contribution in [0, 0.1) is 0 Å². The molecule has 3 heterocycles. The van der Waals surface area contributed by atoms with Crippen LogP contribution in [0.25, 0.3) is 17.1 Å². The largest absolute Gasteiger partial charge is 0.508 e. The zero-order valence-corrected chi connectivity index (χ0v) is 26.7. The molecule has 0 radical (unpaired) electrons. The lowest BCUT2D eigenvalue weighted by Gasteiger charge is -2.34. The third-order valence-electron chi connectivity index (χ3n) is 9.01. The average molecular weight is 605 g/mol. The molecule has 2 aliphatic heterocycles. The lowest BCUT2D eigenvalue weighted by atomic mass is 9.98. The fraction of sp³-hybridized carbons (Fsp3) is 0.545. The number of carbonyl (C=O) groups is 1. The van der Waals surface area contributed by atoms with Gasteiger partial charge in [0.05, 0.1) is 5.56 Å². The molecule has 44 heavy (non-hydrogen) atoms. The molecule has 0 saturated carbocycles. The summed E-state index contributed by atoms with van der Waals surface area (Å²) in [7, 11) is 0. The Balaban J connectivity index is 1.39. The summed E-state index contributed by atoms with van der Waals surface area (Å²) in [5.74, 6) is 0.0876. The van der Waals surface area contributed by atoms with Gasteiger partial charge in [-0.25, -0.2) is 0 Å². The van der Waals surface area contributed by atoms with Gasteiger partial charge in [-0.1, -0.05) is 39.8 Å². The van der Waals surface area contributed by atoms with Gasteiger partial charge in [-0.05, 0) is 48.3 Å². The number of rotatable bonds is 11. The smallest absolute Gasteiger partial charge is 0.289 e. The second-order valence-corrected chi connectivity index (χ2v) is 12.2. The lowest BCUT2D eigenvalue weighted by molar-refractivity contribution is 0.0925. The van der Waals surface area contributed by atoms with Crippen LogP contribution in [0.4, 0.5) is 0 Å². The normalized spacial score (nSPS) is 17.4. The highest BCUT2D eigenvalue weighted by atomic mass is 16.3. The Morgan fingerprint density at radius 3 is 2.00 bits per heavy atom. The van der Waals surface area contributed by atoms with Gasteiger partial charge in [-0.3, -0.25) is 19.2 Å². The Morgan fingerprint density at radius 2 is 1.41 bits per heavy atom. The van der Waals surface area contributed by atoms with Gasteiger partial charge in [0.2, 0.25) is 5.82 Å². The van der Waals surface area contributed by atoms with Gasteiger partial charge in [-0.15, -0.1) is 10.2 Å². The third-order valence-corrected chi connectivity index (χ3v) is 9.01. The van der Waals surface area contributed by atoms with Crippen LogP contribution in [0.2, 0.25) is 0 Å². The Labute approximate surface area is 261 Å². The van der Waals surface area contributed by atoms with Gasteiger partial charge in [0.1, 0.15) is 11.5 Å². The molecule has 1 amide bonds. The number of nitrogens with zero attached hydrogens (tertiary/aromatic N) is 7. The number of phenolic OH excluding ortho intramolecular Hbond substituents is 2. The topological polar surface area (TPSA) is 113 Å². The number of likely N-dealkylation sites (N-methyl/N-ethyl adjacent to an activating group) is 2. The number of benzene rings is 2. The van der Waals surface area contributed by atoms with E-state index in [0.717, 1.165) is 84.2 Å². The Bertz CT molecular complexity index is 1390. The zero-order chi connectivity index (χ0) is 31.2. The summed E-state index contributed by atoms with van der Waals surface area (Å²) in [6.45, 7) is 20.9. The van der Waals surface area contributed by atoms with Gasteiger partial charge in [0.15, 0.2) is 5.82 Å². The summed E-state index contributed by atoms with van der Waals surface area (Å²) in [6, 6.07) is 11.2. The van der Waals surface area contributed by atoms with Crippen molar-refractivity contribution in [3.8, 4) is 28.6 Å². The fourth-order valence-corrected chi connectivity index (χ4v) is 6.09. The fourth-order valence-electron chi connectivity index (χ4n) is 6.09. The summed E-state index contributed by atoms with van der Waals surface area (Å²) in [6.07, 6.45) is 0. The number of hydrogen-bond acceptors (Lipinski definition) is 9. The van der Waals surface area contributed by atoms with Crippen LogP contribution in [0.3, 0.4) is 0 Å². The van der Waals surface area contributed by atoms with Crippen molar-refractivity contribution >= 4 is 5.91 Å². The van der Waals surface area contributed by atoms with E-state index < -0.39 is 0 Å². The predicted octanol–water partition coefficient (Wildman–Crippen LogP) is 2.97. The number of hydrogen-bond donors (Lipinski definition) is 3. The molecular formula is C33H48N8O3. The summed E-state index contributed by atoms with van der Waals surface area (Å²) in [4.78, 5) is 23.3. The zero-order valence-electron chi connectivity index (χ0n) is 26.7. The third kappa shape index (κ3) is 7.40. The standard InChI is InChI=1S/C33H48N8O3/c1-5-37-13-17-39(18-14-37)12-11-34-33(44)32-36-35-31(28-21-27(24(3)4)29(42)22-30(28)43)41(32)26-9-7-25(8-10-26)23-40-19-15-38(6-2)16-20-40/h7-10,21-22,24,42-43H,5-6,11-20,23H2,1-4H3,(H,34,44). The van der Waals surface area contributed by atoms with Crippen LogP contribution >= 0.6 is 0 Å². The summed E-state index contributed by atoms with van der Waals surface area (Å²) >= 11 is 0. The first-order valence-corrected chi connectivity index (χ1v) is 16.1. The molecule has 0 atom stereocenters. The molecule has 11 heteroatoms. The molecular weight excluding hydrogens is 556 g/mol. The predicted molar refractivity (Wildman–Crippen MR) is 172 cm³/mol. The van der Waals surface area contributed by atoms with Crippen LogP contribution in [0.15, 0.2) is 36.4 Å². The van der Waals surface area contributed by atoms with E-state index in [-0.39, 0.29) is 29.1 Å². The minimum Gasteiger partial charge on any atom is -0.508 e. The number of amides is 1. The number of aromatic nitrogens is 3. The van der Waals surface area contributed by atoms with E-state index in [1.165, 1.54) is 11.6 Å². The Kier molecular flexibility index (Phi) is 10.5. The van der Waals surface area contributed by atoms with E-state index in [1.54, 1.807) is 10.6 Å². The Hall–Kier alpha value is -3.51. The van der Waals surface area contributed by atoms with Crippen molar-refractivity contribution in [1.82, 2.24) is 39.7 Å². The molecule has 238 valence electrons. The minimum atomic E-state index is -0.323. The maximum Gasteiger partial charge on any atom is 0.289 e. The first kappa shape index (κ1) is 31.9. The van der Waals surface area contributed by atoms with Gasteiger partial charge in [0.25, 0.3) is 5.91 Å². The molecule has 0 spiro atoms. The van der Waals surface area contributed by atoms with Crippen molar-refractivity contribution in [2.75, 3.05) is 78.5 Å². The maximum absolute atomic E-state index is 13.5. The molecule has 3 aromatic rings. The van der Waals surface area contributed by atoms with Crippen molar-refractivity contribution in [2.24, 2.45) is 0 Å². The molecule has 11 nitrogen and oxygen atoms in total. The highest BCUT2D eigenvalue weighted by molar-refractivity contribution is 5.92. The number of aromatic hydroxyl groups is 2. The van der Waals surface area contributed by atoms with E-state index >= 15 is 0 Å². The van der Waals surface area contributed by atoms with Gasteiger partial charge >= 0.3 is 0 Å². The number of nitrogens with one attached hydrogen (secondary N) is 1. The second-order valence-electron chi connectivity index (χ2n) is 12.2. The number of piperazine rings is 2. The molecule has 2 saturated heterocycles. The van der Waals surface area contributed by atoms with Crippen molar-refractivity contribution in [2.45, 2.75) is 40.2 Å².